The molecule has 1 aliphatic rings. The predicted octanol–water partition coefficient (Wildman–Crippen LogP) is 6.43. The maximum Gasteiger partial charge on any atom is 0.329 e. The van der Waals surface area contributed by atoms with Crippen molar-refractivity contribution in [2.24, 2.45) is 0 Å². The van der Waals surface area contributed by atoms with Crippen LogP contribution in [0, 0.1) is 11.6 Å². The summed E-state index contributed by atoms with van der Waals surface area (Å²) in [6.07, 6.45) is -0.920. The van der Waals surface area contributed by atoms with E-state index in [1.54, 1.807) is 4.90 Å². The lowest BCUT2D eigenvalue weighted by Gasteiger charge is -2.43. The number of nitrogens with one attached hydrogen (secondary N) is 1. The van der Waals surface area contributed by atoms with Gasteiger partial charge in [0.15, 0.2) is 0 Å². The zero-order valence-electron chi connectivity index (χ0n) is 22.6. The Morgan fingerprint density at radius 3 is 2.40 bits per heavy atom. The first-order valence-electron chi connectivity index (χ1n) is 13.1. The molecule has 0 amide bonds. The number of para-hydroxylation sites is 1. The second kappa shape index (κ2) is 11.7. The summed E-state index contributed by atoms with van der Waals surface area (Å²) in [4.78, 5) is 15.5. The van der Waals surface area contributed by atoms with E-state index in [1.165, 1.54) is 13.8 Å². The molecule has 2 atom stereocenters. The number of aromatic nitrogens is 1. The van der Waals surface area contributed by atoms with Gasteiger partial charge in [-0.25, -0.2) is 26.7 Å². The Labute approximate surface area is 229 Å². The number of hydrogen-bond donors (Lipinski definition) is 2. The molecule has 3 aromatic rings. The lowest BCUT2D eigenvalue weighted by molar-refractivity contribution is -0.143. The number of H-pyrrole nitrogens is 1. The lowest BCUT2D eigenvalue weighted by Crippen LogP contribution is -2.48. The van der Waals surface area contributed by atoms with E-state index in [2.05, 4.69) is 9.72 Å². The molecule has 4 rings (SSSR count). The second-order valence-corrected chi connectivity index (χ2v) is 10.9. The molecule has 2 N–H and O–H groups in total. The fourth-order valence-electron chi connectivity index (χ4n) is 5.23. The molecule has 0 radical (unpaired) electrons. The van der Waals surface area contributed by atoms with Crippen LogP contribution in [0.15, 0.2) is 36.4 Å². The van der Waals surface area contributed by atoms with Gasteiger partial charge in [-0.2, -0.15) is 0 Å². The SMILES string of the molecule is C[C@@H]1Cc2c([nH]c3ccccc23)[C@@H](c2c(F)cc(OCCC(F)(F)CCOCC(=O)O)cc2F)N1CC(C)(C)F. The number of aromatic amines is 1. The number of rotatable bonds is 12. The summed E-state index contributed by atoms with van der Waals surface area (Å²) < 4.78 is 84.2. The normalized spacial score (nSPS) is 18.2. The molecule has 0 saturated heterocycles. The minimum Gasteiger partial charge on any atom is -0.493 e. The van der Waals surface area contributed by atoms with Gasteiger partial charge in [-0.1, -0.05) is 18.2 Å². The number of fused-ring (bicyclic) bond motifs is 3. The van der Waals surface area contributed by atoms with Gasteiger partial charge >= 0.3 is 5.97 Å². The van der Waals surface area contributed by atoms with Gasteiger partial charge in [-0.3, -0.25) is 4.90 Å². The van der Waals surface area contributed by atoms with Crippen LogP contribution in [0.25, 0.3) is 10.9 Å². The third-order valence-electron chi connectivity index (χ3n) is 6.98. The minimum atomic E-state index is -3.22. The smallest absolute Gasteiger partial charge is 0.329 e. The van der Waals surface area contributed by atoms with Crippen LogP contribution in [0.2, 0.25) is 0 Å². The summed E-state index contributed by atoms with van der Waals surface area (Å²) in [6.45, 7) is 2.97. The first-order valence-corrected chi connectivity index (χ1v) is 13.1. The van der Waals surface area contributed by atoms with E-state index in [-0.39, 0.29) is 23.9 Å². The Bertz CT molecular complexity index is 1330. The zero-order chi connectivity index (χ0) is 29.2. The van der Waals surface area contributed by atoms with E-state index in [1.807, 2.05) is 31.2 Å². The van der Waals surface area contributed by atoms with E-state index in [4.69, 9.17) is 9.84 Å². The van der Waals surface area contributed by atoms with Crippen molar-refractivity contribution in [2.45, 2.75) is 63.7 Å². The molecule has 1 aromatic heterocycles. The van der Waals surface area contributed by atoms with E-state index >= 15 is 8.78 Å². The van der Waals surface area contributed by atoms with Crippen LogP contribution in [-0.2, 0) is 16.0 Å². The molecular weight excluding hydrogens is 535 g/mol. The van der Waals surface area contributed by atoms with E-state index < -0.39 is 67.9 Å². The summed E-state index contributed by atoms with van der Waals surface area (Å²) in [7, 11) is 0. The summed E-state index contributed by atoms with van der Waals surface area (Å²) >= 11 is 0. The third kappa shape index (κ3) is 6.93. The molecule has 2 aromatic carbocycles. The number of carboxylic acids is 1. The summed E-state index contributed by atoms with van der Waals surface area (Å²) in [5.74, 6) is -6.61. The van der Waals surface area contributed by atoms with E-state index in [0.717, 1.165) is 28.6 Å². The highest BCUT2D eigenvalue weighted by atomic mass is 19.3. The Balaban J connectivity index is 1.58. The van der Waals surface area contributed by atoms with Crippen molar-refractivity contribution >= 4 is 16.9 Å². The standard InChI is InChI=1S/C29H33F5N2O4/c1-17-12-20-19-6-4-5-7-23(19)35-26(20)27(36(17)16-28(2,3)32)25-21(30)13-18(14-22(25)31)40-11-9-29(33,34)8-10-39-15-24(37)38/h4-7,13-14,17,27,35H,8-12,15-16H2,1-3H3,(H,37,38)/t17-,27-/m1/s1. The molecule has 0 spiro atoms. The lowest BCUT2D eigenvalue weighted by atomic mass is 9.87. The van der Waals surface area contributed by atoms with Crippen LogP contribution in [0.5, 0.6) is 5.75 Å². The predicted molar refractivity (Wildman–Crippen MR) is 140 cm³/mol. The number of aliphatic carboxylic acids is 1. The van der Waals surface area contributed by atoms with Gasteiger partial charge in [-0.15, -0.1) is 0 Å². The zero-order valence-corrected chi connectivity index (χ0v) is 22.6. The maximum atomic E-state index is 15.6. The van der Waals surface area contributed by atoms with Crippen LogP contribution < -0.4 is 4.74 Å². The first kappa shape index (κ1) is 29.8. The number of alkyl halides is 3. The Morgan fingerprint density at radius 2 is 1.75 bits per heavy atom. The van der Waals surface area contributed by atoms with Crippen molar-refractivity contribution in [3.63, 3.8) is 0 Å². The van der Waals surface area contributed by atoms with Crippen molar-refractivity contribution < 1.29 is 41.3 Å². The average Bonchev–Trinajstić information content (AvgIpc) is 3.20. The summed E-state index contributed by atoms with van der Waals surface area (Å²) in [5.41, 5.74) is 0.378. The maximum absolute atomic E-state index is 15.6. The molecule has 0 aliphatic carbocycles. The van der Waals surface area contributed by atoms with Crippen LogP contribution in [0.3, 0.4) is 0 Å². The highest BCUT2D eigenvalue weighted by Crippen LogP contribution is 2.43. The highest BCUT2D eigenvalue weighted by molar-refractivity contribution is 5.85. The topological polar surface area (TPSA) is 74.8 Å². The number of hydrogen-bond acceptors (Lipinski definition) is 4. The van der Waals surface area contributed by atoms with Crippen molar-refractivity contribution in [2.75, 3.05) is 26.4 Å². The van der Waals surface area contributed by atoms with Crippen molar-refractivity contribution in [1.82, 2.24) is 9.88 Å². The fourth-order valence-corrected chi connectivity index (χ4v) is 5.23. The van der Waals surface area contributed by atoms with Crippen molar-refractivity contribution in [1.29, 1.82) is 0 Å². The van der Waals surface area contributed by atoms with Crippen LogP contribution >= 0.6 is 0 Å². The van der Waals surface area contributed by atoms with Gasteiger partial charge in [0.1, 0.15) is 29.7 Å². The molecule has 11 heteroatoms. The van der Waals surface area contributed by atoms with Crippen LogP contribution in [0.4, 0.5) is 22.0 Å². The number of carbonyl (C=O) groups is 1. The number of nitrogens with zero attached hydrogens (tertiary/aromatic N) is 1. The number of benzene rings is 2. The van der Waals surface area contributed by atoms with Gasteiger partial charge in [0.05, 0.1) is 19.3 Å². The fraction of sp³-hybridized carbons (Fsp3) is 0.483. The molecule has 0 saturated carbocycles. The Kier molecular flexibility index (Phi) is 8.75. The third-order valence-corrected chi connectivity index (χ3v) is 6.98. The van der Waals surface area contributed by atoms with Gasteiger partial charge in [-0.05, 0) is 38.8 Å². The minimum absolute atomic E-state index is 0.0734. The van der Waals surface area contributed by atoms with E-state index in [9.17, 15) is 18.0 Å². The molecule has 0 unspecified atom stereocenters. The van der Waals surface area contributed by atoms with Crippen LogP contribution in [0.1, 0.15) is 56.5 Å². The van der Waals surface area contributed by atoms with Gasteiger partial charge < -0.3 is 19.6 Å². The molecule has 6 nitrogen and oxygen atoms in total. The second-order valence-electron chi connectivity index (χ2n) is 10.9. The van der Waals surface area contributed by atoms with Gasteiger partial charge in [0.25, 0.3) is 5.92 Å². The summed E-state index contributed by atoms with van der Waals surface area (Å²) in [6, 6.07) is 8.25. The molecule has 1 aliphatic heterocycles. The average molecular weight is 569 g/mol. The number of halogens is 5. The molecule has 0 bridgehead atoms. The van der Waals surface area contributed by atoms with Gasteiger partial charge in [0.2, 0.25) is 0 Å². The summed E-state index contributed by atoms with van der Waals surface area (Å²) in [5, 5.41) is 9.44. The molecule has 2 heterocycles. The number of ether oxygens (including phenoxy) is 2. The number of carboxylic acid groups (broad SMARTS) is 1. The Hall–Kier alpha value is -3.18. The highest BCUT2D eigenvalue weighted by Gasteiger charge is 2.41. The van der Waals surface area contributed by atoms with Crippen LogP contribution in [-0.4, -0.2) is 65.0 Å². The van der Waals surface area contributed by atoms with E-state index in [0.29, 0.717) is 12.1 Å². The van der Waals surface area contributed by atoms with Crippen molar-refractivity contribution in [3.05, 3.63) is 64.9 Å². The Morgan fingerprint density at radius 1 is 1.10 bits per heavy atom. The van der Waals surface area contributed by atoms with Gasteiger partial charge in [0, 0.05) is 59.7 Å². The largest absolute Gasteiger partial charge is 0.493 e. The quantitative estimate of drug-likeness (QED) is 0.195. The molecule has 218 valence electrons. The van der Waals surface area contributed by atoms with Crippen molar-refractivity contribution in [3.8, 4) is 5.75 Å². The molecular formula is C29H33F5N2O4. The molecule has 0 fully saturated rings. The molecule has 40 heavy (non-hydrogen) atoms. The first-order chi connectivity index (χ1) is 18.8. The monoisotopic (exact) mass is 568 g/mol.